The van der Waals surface area contributed by atoms with Crippen molar-refractivity contribution in [3.05, 3.63) is 21.7 Å². The summed E-state index contributed by atoms with van der Waals surface area (Å²) in [5.41, 5.74) is -1.34. The number of alkyl halides is 5. The highest BCUT2D eigenvalue weighted by molar-refractivity contribution is 5.50. The van der Waals surface area contributed by atoms with Gasteiger partial charge in [-0.1, -0.05) is 0 Å². The summed E-state index contributed by atoms with van der Waals surface area (Å²) in [5.74, 6) is -3.79. The molecule has 1 heterocycles. The standard InChI is InChI=1S/C8H5F5N2O4/c1-18-4-2-3(6(9)10)5(19-8(11,12)13)7(14-4)15(16)17/h2,6H,1H3. The zero-order valence-corrected chi connectivity index (χ0v) is 9.07. The number of ether oxygens (including phenoxy) is 2. The van der Waals surface area contributed by atoms with Crippen LogP contribution in [0.5, 0.6) is 11.6 Å². The zero-order chi connectivity index (χ0) is 14.8. The van der Waals surface area contributed by atoms with Crippen LogP contribution in [0.1, 0.15) is 12.0 Å². The van der Waals surface area contributed by atoms with E-state index >= 15 is 0 Å². The average molecular weight is 288 g/mol. The summed E-state index contributed by atoms with van der Waals surface area (Å²) in [6, 6.07) is 0.429. The van der Waals surface area contributed by atoms with E-state index in [1.165, 1.54) is 0 Å². The molecule has 0 spiro atoms. The maximum Gasteiger partial charge on any atom is 0.573 e. The van der Waals surface area contributed by atoms with Gasteiger partial charge in [-0.25, -0.2) is 8.78 Å². The van der Waals surface area contributed by atoms with Crippen LogP contribution in [-0.4, -0.2) is 23.4 Å². The van der Waals surface area contributed by atoms with Crippen molar-refractivity contribution in [2.45, 2.75) is 12.8 Å². The van der Waals surface area contributed by atoms with E-state index in [-0.39, 0.29) is 0 Å². The third kappa shape index (κ3) is 3.63. The summed E-state index contributed by atoms with van der Waals surface area (Å²) in [6.45, 7) is 0. The van der Waals surface area contributed by atoms with Crippen molar-refractivity contribution in [3.8, 4) is 11.6 Å². The van der Waals surface area contributed by atoms with Crippen LogP contribution in [0.4, 0.5) is 27.8 Å². The Balaban J connectivity index is 3.49. The Morgan fingerprint density at radius 3 is 2.37 bits per heavy atom. The lowest BCUT2D eigenvalue weighted by Crippen LogP contribution is -2.19. The van der Waals surface area contributed by atoms with Gasteiger partial charge in [-0.2, -0.15) is 0 Å². The Kier molecular flexibility index (Phi) is 4.07. The SMILES string of the molecule is COc1cc(C(F)F)c(OC(F)(F)F)c([N+](=O)[O-])n1. The fourth-order valence-electron chi connectivity index (χ4n) is 1.13. The highest BCUT2D eigenvalue weighted by Gasteiger charge is 2.39. The lowest BCUT2D eigenvalue weighted by molar-refractivity contribution is -0.393. The van der Waals surface area contributed by atoms with E-state index in [1.807, 2.05) is 0 Å². The zero-order valence-electron chi connectivity index (χ0n) is 9.07. The predicted molar refractivity (Wildman–Crippen MR) is 49.1 cm³/mol. The number of hydrogen-bond acceptors (Lipinski definition) is 5. The van der Waals surface area contributed by atoms with Gasteiger partial charge in [0.1, 0.15) is 0 Å². The molecule has 1 aromatic heterocycles. The third-order valence-corrected chi connectivity index (χ3v) is 1.80. The van der Waals surface area contributed by atoms with Crippen LogP contribution >= 0.6 is 0 Å². The van der Waals surface area contributed by atoms with Crippen molar-refractivity contribution >= 4 is 5.82 Å². The number of rotatable bonds is 4. The molecule has 106 valence electrons. The molecule has 0 saturated heterocycles. The van der Waals surface area contributed by atoms with Crippen LogP contribution in [0.2, 0.25) is 0 Å². The fraction of sp³-hybridized carbons (Fsp3) is 0.375. The quantitative estimate of drug-likeness (QED) is 0.484. The number of nitrogens with zero attached hydrogens (tertiary/aromatic N) is 2. The van der Waals surface area contributed by atoms with Crippen LogP contribution < -0.4 is 9.47 Å². The van der Waals surface area contributed by atoms with Gasteiger partial charge in [0.2, 0.25) is 5.75 Å². The van der Waals surface area contributed by atoms with Gasteiger partial charge < -0.3 is 19.6 Å². The third-order valence-electron chi connectivity index (χ3n) is 1.80. The lowest BCUT2D eigenvalue weighted by Gasteiger charge is -2.12. The Bertz CT molecular complexity index is 491. The van der Waals surface area contributed by atoms with E-state index in [1.54, 1.807) is 0 Å². The maximum atomic E-state index is 12.6. The first kappa shape index (κ1) is 14.9. The summed E-state index contributed by atoms with van der Waals surface area (Å²) < 4.78 is 69.0. The van der Waals surface area contributed by atoms with E-state index in [2.05, 4.69) is 14.5 Å². The van der Waals surface area contributed by atoms with E-state index in [0.29, 0.717) is 6.07 Å². The van der Waals surface area contributed by atoms with E-state index in [0.717, 1.165) is 7.11 Å². The van der Waals surface area contributed by atoms with Gasteiger partial charge in [0.25, 0.3) is 6.43 Å². The molecule has 19 heavy (non-hydrogen) atoms. The van der Waals surface area contributed by atoms with Gasteiger partial charge in [-0.05, 0) is 4.92 Å². The smallest absolute Gasteiger partial charge is 0.463 e. The second-order valence-electron chi connectivity index (χ2n) is 3.01. The van der Waals surface area contributed by atoms with Gasteiger partial charge in [0.15, 0.2) is 0 Å². The molecular weight excluding hydrogens is 283 g/mol. The topological polar surface area (TPSA) is 74.5 Å². The van der Waals surface area contributed by atoms with Crippen molar-refractivity contribution in [2.75, 3.05) is 7.11 Å². The molecule has 0 aliphatic carbocycles. The second-order valence-corrected chi connectivity index (χ2v) is 3.01. The number of nitro groups is 1. The Morgan fingerprint density at radius 2 is 2.00 bits per heavy atom. The first-order valence-electron chi connectivity index (χ1n) is 4.43. The molecule has 1 aromatic rings. The number of methoxy groups -OCH3 is 1. The minimum absolute atomic E-state index is 0.429. The van der Waals surface area contributed by atoms with Gasteiger partial charge in [-0.15, -0.1) is 13.2 Å². The molecule has 0 aliphatic heterocycles. The van der Waals surface area contributed by atoms with Gasteiger partial charge >= 0.3 is 18.1 Å². The molecular formula is C8H5F5N2O4. The van der Waals surface area contributed by atoms with Crippen molar-refractivity contribution in [2.24, 2.45) is 0 Å². The normalized spacial score (nSPS) is 11.5. The fourth-order valence-corrected chi connectivity index (χ4v) is 1.13. The van der Waals surface area contributed by atoms with E-state index < -0.39 is 40.7 Å². The predicted octanol–water partition coefficient (Wildman–Crippen LogP) is 2.83. The summed E-state index contributed by atoms with van der Waals surface area (Å²) in [5, 5.41) is 10.5. The second kappa shape index (κ2) is 5.20. The van der Waals surface area contributed by atoms with Crippen LogP contribution in [0.15, 0.2) is 6.07 Å². The van der Waals surface area contributed by atoms with Crippen LogP contribution in [0, 0.1) is 10.1 Å². The molecule has 0 radical (unpaired) electrons. The first-order valence-corrected chi connectivity index (χ1v) is 4.43. The van der Waals surface area contributed by atoms with Crippen molar-refractivity contribution < 1.29 is 36.3 Å². The van der Waals surface area contributed by atoms with Crippen molar-refractivity contribution in [1.29, 1.82) is 0 Å². The first-order chi connectivity index (χ1) is 8.65. The molecule has 0 aromatic carbocycles. The molecule has 0 aliphatic rings. The highest BCUT2D eigenvalue weighted by Crippen LogP contribution is 2.40. The van der Waals surface area contributed by atoms with Crippen molar-refractivity contribution in [1.82, 2.24) is 4.98 Å². The van der Waals surface area contributed by atoms with Crippen LogP contribution in [0.25, 0.3) is 0 Å². The maximum absolute atomic E-state index is 12.6. The van der Waals surface area contributed by atoms with Gasteiger partial charge in [-0.3, -0.25) is 0 Å². The number of aromatic nitrogens is 1. The minimum Gasteiger partial charge on any atom is -0.463 e. The summed E-state index contributed by atoms with van der Waals surface area (Å²) >= 11 is 0. The number of pyridine rings is 1. The van der Waals surface area contributed by atoms with Gasteiger partial charge in [0.05, 0.1) is 12.7 Å². The summed E-state index contributed by atoms with van der Waals surface area (Å²) in [7, 11) is 0.964. The summed E-state index contributed by atoms with van der Waals surface area (Å²) in [6.07, 6.45) is -8.81. The molecule has 6 nitrogen and oxygen atoms in total. The Morgan fingerprint density at radius 1 is 1.42 bits per heavy atom. The monoisotopic (exact) mass is 288 g/mol. The number of halogens is 5. The van der Waals surface area contributed by atoms with Crippen LogP contribution in [-0.2, 0) is 0 Å². The molecule has 0 saturated carbocycles. The average Bonchev–Trinajstić information content (AvgIpc) is 2.26. The van der Waals surface area contributed by atoms with Gasteiger partial charge in [0, 0.05) is 11.1 Å². The molecule has 0 bridgehead atoms. The Labute approximate surface area is 101 Å². The van der Waals surface area contributed by atoms with Crippen LogP contribution in [0.3, 0.4) is 0 Å². The molecule has 0 N–H and O–H groups in total. The summed E-state index contributed by atoms with van der Waals surface area (Å²) in [4.78, 5) is 12.2. The molecule has 0 amide bonds. The molecule has 1 rings (SSSR count). The Hall–Kier alpha value is -2.20. The largest absolute Gasteiger partial charge is 0.573 e. The lowest BCUT2D eigenvalue weighted by atomic mass is 10.2. The highest BCUT2D eigenvalue weighted by atomic mass is 19.4. The molecule has 0 fully saturated rings. The van der Waals surface area contributed by atoms with E-state index in [4.69, 9.17) is 0 Å². The molecule has 0 atom stereocenters. The molecule has 0 unspecified atom stereocenters. The number of hydrogen-bond donors (Lipinski definition) is 0. The van der Waals surface area contributed by atoms with Crippen molar-refractivity contribution in [3.63, 3.8) is 0 Å². The molecule has 11 heteroatoms. The minimum atomic E-state index is -5.37. The van der Waals surface area contributed by atoms with E-state index in [9.17, 15) is 32.1 Å².